The maximum absolute atomic E-state index is 13.6. The van der Waals surface area contributed by atoms with E-state index >= 15 is 0 Å². The number of allylic oxidation sites excluding steroid dienone is 2. The van der Waals surface area contributed by atoms with Crippen molar-refractivity contribution in [1.29, 1.82) is 0 Å². The molecular weight excluding hydrogens is 213 g/mol. The molecule has 0 bridgehead atoms. The Morgan fingerprint density at radius 1 is 1.19 bits per heavy atom. The third-order valence-electron chi connectivity index (χ3n) is 3.16. The summed E-state index contributed by atoms with van der Waals surface area (Å²) < 4.78 is 39.9. The third-order valence-corrected chi connectivity index (χ3v) is 3.16. The van der Waals surface area contributed by atoms with Crippen molar-refractivity contribution in [1.82, 2.24) is 0 Å². The van der Waals surface area contributed by atoms with Gasteiger partial charge in [0.1, 0.15) is 5.82 Å². The highest BCUT2D eigenvalue weighted by molar-refractivity contribution is 5.33. The van der Waals surface area contributed by atoms with Crippen LogP contribution in [0.4, 0.5) is 13.2 Å². The summed E-state index contributed by atoms with van der Waals surface area (Å²) in [4.78, 5) is 0. The normalized spacial score (nSPS) is 24.8. The average molecular weight is 226 g/mol. The molecule has 0 unspecified atom stereocenters. The second-order valence-electron chi connectivity index (χ2n) is 4.46. The summed E-state index contributed by atoms with van der Waals surface area (Å²) in [6, 6.07) is 1.67. The molecule has 0 amide bonds. The molecule has 1 aromatic carbocycles. The summed E-state index contributed by atoms with van der Waals surface area (Å²) in [7, 11) is 0. The fourth-order valence-corrected chi connectivity index (χ4v) is 2.21. The van der Waals surface area contributed by atoms with Crippen molar-refractivity contribution < 1.29 is 13.2 Å². The van der Waals surface area contributed by atoms with E-state index in [1.54, 1.807) is 6.92 Å². The van der Waals surface area contributed by atoms with E-state index in [-0.39, 0.29) is 5.56 Å². The molecule has 0 fully saturated rings. The van der Waals surface area contributed by atoms with E-state index in [1.807, 2.05) is 12.2 Å². The molecule has 1 aliphatic carbocycles. The minimum atomic E-state index is -1.12. The quantitative estimate of drug-likeness (QED) is 0.499. The summed E-state index contributed by atoms with van der Waals surface area (Å²) in [5.74, 6) is -2.78. The van der Waals surface area contributed by atoms with Gasteiger partial charge in [-0.25, -0.2) is 13.2 Å². The number of hydrogen-bond donors (Lipinski definition) is 0. The van der Waals surface area contributed by atoms with Crippen molar-refractivity contribution in [3.8, 4) is 0 Å². The maximum atomic E-state index is 13.6. The van der Waals surface area contributed by atoms with Gasteiger partial charge >= 0.3 is 0 Å². The van der Waals surface area contributed by atoms with Crippen molar-refractivity contribution in [2.75, 3.05) is 0 Å². The minimum absolute atomic E-state index is 0.112. The molecule has 0 nitrogen and oxygen atoms in total. The number of rotatable bonds is 1. The summed E-state index contributed by atoms with van der Waals surface area (Å²) in [6.45, 7) is 1.81. The van der Waals surface area contributed by atoms with E-state index in [0.29, 0.717) is 12.5 Å². The third kappa shape index (κ3) is 1.86. The lowest BCUT2D eigenvalue weighted by Gasteiger charge is -2.30. The number of halogens is 3. The van der Waals surface area contributed by atoms with Gasteiger partial charge in [0.15, 0.2) is 11.6 Å². The topological polar surface area (TPSA) is 0 Å². The lowest BCUT2D eigenvalue weighted by molar-refractivity contribution is 0.430. The molecule has 1 aliphatic rings. The van der Waals surface area contributed by atoms with Gasteiger partial charge in [0.2, 0.25) is 0 Å². The second kappa shape index (κ2) is 3.96. The summed E-state index contributed by atoms with van der Waals surface area (Å²) in [6.07, 6.45) is 6.34. The summed E-state index contributed by atoms with van der Waals surface area (Å²) in [5, 5.41) is 0. The average Bonchev–Trinajstić information content (AvgIpc) is 2.24. The van der Waals surface area contributed by atoms with Crippen molar-refractivity contribution in [2.24, 2.45) is 0 Å². The zero-order chi connectivity index (χ0) is 11.8. The smallest absolute Gasteiger partial charge is 0.163 e. The van der Waals surface area contributed by atoms with Gasteiger partial charge in [0.05, 0.1) is 0 Å². The predicted molar refractivity (Wildman–Crippen MR) is 56.7 cm³/mol. The molecule has 0 aromatic heterocycles. The van der Waals surface area contributed by atoms with Crippen LogP contribution in [-0.4, -0.2) is 0 Å². The Morgan fingerprint density at radius 3 is 2.56 bits per heavy atom. The van der Waals surface area contributed by atoms with E-state index in [9.17, 15) is 13.2 Å². The van der Waals surface area contributed by atoms with Crippen LogP contribution in [0.15, 0.2) is 24.3 Å². The fraction of sp³-hybridized carbons (Fsp3) is 0.385. The van der Waals surface area contributed by atoms with Crippen LogP contribution in [-0.2, 0) is 5.41 Å². The highest BCUT2D eigenvalue weighted by Crippen LogP contribution is 2.36. The Morgan fingerprint density at radius 2 is 1.94 bits per heavy atom. The number of hydrogen-bond acceptors (Lipinski definition) is 0. The van der Waals surface area contributed by atoms with Gasteiger partial charge < -0.3 is 0 Å². The summed E-state index contributed by atoms with van der Waals surface area (Å²) >= 11 is 0. The van der Waals surface area contributed by atoms with Gasteiger partial charge in [-0.1, -0.05) is 19.1 Å². The first kappa shape index (κ1) is 11.2. The van der Waals surface area contributed by atoms with Gasteiger partial charge in [0.25, 0.3) is 0 Å². The van der Waals surface area contributed by atoms with E-state index in [2.05, 4.69) is 0 Å². The van der Waals surface area contributed by atoms with Crippen molar-refractivity contribution in [3.05, 3.63) is 47.3 Å². The van der Waals surface area contributed by atoms with E-state index in [0.717, 1.165) is 18.9 Å². The molecule has 2 rings (SSSR count). The lowest BCUT2D eigenvalue weighted by Crippen LogP contribution is -2.23. The van der Waals surface area contributed by atoms with E-state index in [1.165, 1.54) is 0 Å². The Kier molecular flexibility index (Phi) is 2.78. The van der Waals surface area contributed by atoms with Gasteiger partial charge in [-0.2, -0.15) is 0 Å². The molecule has 0 spiro atoms. The Hall–Kier alpha value is -1.25. The van der Waals surface area contributed by atoms with Gasteiger partial charge in [0, 0.05) is 17.0 Å². The molecule has 86 valence electrons. The molecule has 3 heteroatoms. The van der Waals surface area contributed by atoms with E-state index in [4.69, 9.17) is 0 Å². The first-order valence-electron chi connectivity index (χ1n) is 5.36. The second-order valence-corrected chi connectivity index (χ2v) is 4.46. The van der Waals surface area contributed by atoms with Crippen molar-refractivity contribution >= 4 is 0 Å². The lowest BCUT2D eigenvalue weighted by atomic mass is 9.75. The first-order valence-corrected chi connectivity index (χ1v) is 5.36. The molecule has 0 N–H and O–H groups in total. The zero-order valence-corrected chi connectivity index (χ0v) is 9.06. The first-order chi connectivity index (χ1) is 7.53. The molecule has 0 radical (unpaired) electrons. The molecule has 0 heterocycles. The van der Waals surface area contributed by atoms with Crippen LogP contribution in [0.2, 0.25) is 0 Å². The Balaban J connectivity index is 2.54. The highest BCUT2D eigenvalue weighted by atomic mass is 19.2. The van der Waals surface area contributed by atoms with Crippen LogP contribution in [0.5, 0.6) is 0 Å². The molecule has 0 aliphatic heterocycles. The standard InChI is InChI=1S/C13H13F3/c1-13(5-3-2-4-6-13)10-7-9(14)8-11(15)12(10)16/h3,5,7-8H,2,4,6H2,1H3/t13-/m0/s1. The Labute approximate surface area is 92.8 Å². The van der Waals surface area contributed by atoms with Gasteiger partial charge in [-0.05, 0) is 25.3 Å². The van der Waals surface area contributed by atoms with Crippen LogP contribution in [0, 0.1) is 17.5 Å². The minimum Gasteiger partial charge on any atom is -0.207 e. The monoisotopic (exact) mass is 226 g/mol. The molecule has 1 atom stereocenters. The van der Waals surface area contributed by atoms with Crippen molar-refractivity contribution in [2.45, 2.75) is 31.6 Å². The van der Waals surface area contributed by atoms with Crippen LogP contribution < -0.4 is 0 Å². The van der Waals surface area contributed by atoms with Crippen LogP contribution in [0.1, 0.15) is 31.7 Å². The molecular formula is C13H13F3. The zero-order valence-electron chi connectivity index (χ0n) is 9.06. The summed E-state index contributed by atoms with van der Waals surface area (Å²) in [5.41, 5.74) is -0.480. The molecule has 0 saturated heterocycles. The largest absolute Gasteiger partial charge is 0.207 e. The van der Waals surface area contributed by atoms with Gasteiger partial charge in [-0.15, -0.1) is 0 Å². The number of benzene rings is 1. The SMILES string of the molecule is C[C@]1(c2cc(F)cc(F)c2F)C=CCCC1. The van der Waals surface area contributed by atoms with Crippen LogP contribution in [0.25, 0.3) is 0 Å². The maximum Gasteiger partial charge on any atom is 0.163 e. The molecule has 1 aromatic rings. The highest BCUT2D eigenvalue weighted by Gasteiger charge is 2.30. The van der Waals surface area contributed by atoms with Crippen molar-refractivity contribution in [3.63, 3.8) is 0 Å². The predicted octanol–water partition coefficient (Wildman–Crippen LogP) is 4.10. The van der Waals surface area contributed by atoms with Gasteiger partial charge in [-0.3, -0.25) is 0 Å². The Bertz CT molecular complexity index is 437. The fourth-order valence-electron chi connectivity index (χ4n) is 2.21. The molecule has 0 saturated carbocycles. The van der Waals surface area contributed by atoms with E-state index < -0.39 is 22.9 Å². The van der Waals surface area contributed by atoms with Crippen LogP contribution in [0.3, 0.4) is 0 Å². The van der Waals surface area contributed by atoms with Crippen LogP contribution >= 0.6 is 0 Å². The molecule has 16 heavy (non-hydrogen) atoms.